The first kappa shape index (κ1) is 12.4. The topological polar surface area (TPSA) is 64.5 Å². The van der Waals surface area contributed by atoms with Gasteiger partial charge in [-0.1, -0.05) is 11.6 Å². The van der Waals surface area contributed by atoms with E-state index in [0.29, 0.717) is 10.6 Å². The van der Waals surface area contributed by atoms with Crippen molar-refractivity contribution in [2.45, 2.75) is 4.34 Å². The quantitative estimate of drug-likeness (QED) is 0.709. The molecule has 0 radical (unpaired) electrons. The molecule has 4 nitrogen and oxygen atoms in total. The van der Waals surface area contributed by atoms with Gasteiger partial charge in [0.15, 0.2) is 4.34 Å². The van der Waals surface area contributed by atoms with Gasteiger partial charge in [-0.05, 0) is 12.1 Å². The molecule has 1 aromatic carbocycles. The van der Waals surface area contributed by atoms with Gasteiger partial charge in [0.05, 0.1) is 27.9 Å². The van der Waals surface area contributed by atoms with Crippen LogP contribution in [-0.4, -0.2) is 9.97 Å². The van der Waals surface area contributed by atoms with Crippen molar-refractivity contribution in [3.05, 3.63) is 40.5 Å². The molecule has 0 spiro atoms. The second kappa shape index (κ2) is 5.13. The van der Waals surface area contributed by atoms with Gasteiger partial charge in [0.2, 0.25) is 0 Å². The van der Waals surface area contributed by atoms with E-state index in [-0.39, 0.29) is 0 Å². The zero-order valence-corrected chi connectivity index (χ0v) is 11.9. The number of anilines is 1. The molecule has 0 saturated carbocycles. The van der Waals surface area contributed by atoms with Crippen molar-refractivity contribution in [3.63, 3.8) is 0 Å². The van der Waals surface area contributed by atoms with Gasteiger partial charge in [0.25, 0.3) is 0 Å². The van der Waals surface area contributed by atoms with Gasteiger partial charge in [-0.3, -0.25) is 0 Å². The molecule has 2 heterocycles. The highest BCUT2D eigenvalue weighted by atomic mass is 35.5. The van der Waals surface area contributed by atoms with Crippen LogP contribution in [0.5, 0.6) is 0 Å². The summed E-state index contributed by atoms with van der Waals surface area (Å²) in [7, 11) is 0. The Balaban J connectivity index is 1.99. The Kier molecular flexibility index (Phi) is 3.34. The summed E-state index contributed by atoms with van der Waals surface area (Å²) in [5, 5.41) is 12.3. The molecule has 0 aliphatic heterocycles. The fourth-order valence-electron chi connectivity index (χ4n) is 1.75. The largest absolute Gasteiger partial charge is 0.358 e. The highest BCUT2D eigenvalue weighted by Crippen LogP contribution is 2.33. The number of hydrogen-bond donors (Lipinski definition) is 2. The number of fused-ring (bicyclic) bond motifs is 1. The molecule has 2 aromatic heterocycles. The van der Waals surface area contributed by atoms with Crippen LogP contribution in [0, 0.1) is 11.3 Å². The van der Waals surface area contributed by atoms with Crippen molar-refractivity contribution in [1.29, 1.82) is 5.26 Å². The molecule has 0 aliphatic carbocycles. The lowest BCUT2D eigenvalue weighted by molar-refractivity contribution is 1.25. The third kappa shape index (κ3) is 2.28. The highest BCUT2D eigenvalue weighted by molar-refractivity contribution is 8.02. The first-order chi connectivity index (χ1) is 9.29. The molecule has 3 rings (SSSR count). The van der Waals surface area contributed by atoms with Crippen LogP contribution < -0.4 is 4.72 Å². The average molecular weight is 307 g/mol. The Bertz CT molecular complexity index is 758. The molecule has 2 N–H and O–H groups in total. The first-order valence-corrected chi connectivity index (χ1v) is 7.39. The summed E-state index contributed by atoms with van der Waals surface area (Å²) in [6, 6.07) is 5.76. The molecule has 94 valence electrons. The molecule has 0 amide bonds. The second-order valence-electron chi connectivity index (χ2n) is 3.66. The van der Waals surface area contributed by atoms with Crippen molar-refractivity contribution in [2.75, 3.05) is 4.72 Å². The van der Waals surface area contributed by atoms with Gasteiger partial charge in [-0.2, -0.15) is 5.26 Å². The fourth-order valence-corrected chi connectivity index (χ4v) is 3.32. The van der Waals surface area contributed by atoms with Crippen LogP contribution in [0.4, 0.5) is 5.69 Å². The third-order valence-corrected chi connectivity index (χ3v) is 4.57. The van der Waals surface area contributed by atoms with Gasteiger partial charge in [-0.15, -0.1) is 11.3 Å². The number of aromatic nitrogens is 2. The highest BCUT2D eigenvalue weighted by Gasteiger charge is 2.11. The number of halogens is 1. The van der Waals surface area contributed by atoms with Crippen LogP contribution in [0.2, 0.25) is 5.02 Å². The Morgan fingerprint density at radius 3 is 3.11 bits per heavy atom. The van der Waals surface area contributed by atoms with Crippen LogP contribution in [0.15, 0.2) is 34.2 Å². The number of nitriles is 1. The minimum Gasteiger partial charge on any atom is -0.358 e. The molecule has 0 fully saturated rings. The van der Waals surface area contributed by atoms with Gasteiger partial charge >= 0.3 is 0 Å². The molecule has 19 heavy (non-hydrogen) atoms. The number of nitrogens with one attached hydrogen (secondary N) is 2. The van der Waals surface area contributed by atoms with E-state index in [0.717, 1.165) is 20.9 Å². The Labute approximate surface area is 122 Å². The second-order valence-corrected chi connectivity index (χ2v) is 6.02. The summed E-state index contributed by atoms with van der Waals surface area (Å²) in [4.78, 5) is 7.27. The zero-order valence-electron chi connectivity index (χ0n) is 9.48. The molecular formula is C12H7ClN4S2. The number of thiazole rings is 1. The fraction of sp³-hybridized carbons (Fsp3) is 0. The summed E-state index contributed by atoms with van der Waals surface area (Å²) < 4.78 is 4.15. The van der Waals surface area contributed by atoms with Crippen LogP contribution >= 0.6 is 34.9 Å². The summed E-state index contributed by atoms with van der Waals surface area (Å²) in [6.07, 6.45) is 3.45. The first-order valence-electron chi connectivity index (χ1n) is 5.31. The smallest absolute Gasteiger partial charge is 0.170 e. The van der Waals surface area contributed by atoms with Crippen molar-refractivity contribution in [2.24, 2.45) is 0 Å². The maximum absolute atomic E-state index is 9.09. The predicted molar refractivity (Wildman–Crippen MR) is 79.6 cm³/mol. The molecule has 7 heteroatoms. The van der Waals surface area contributed by atoms with Crippen molar-refractivity contribution in [1.82, 2.24) is 9.97 Å². The predicted octanol–water partition coefficient (Wildman–Crippen LogP) is 4.27. The molecule has 0 saturated heterocycles. The number of nitrogens with zero attached hydrogens (tertiary/aromatic N) is 2. The number of aromatic amines is 1. The minimum atomic E-state index is 0.550. The molecule has 0 bridgehead atoms. The number of benzene rings is 1. The SMILES string of the molecule is N#Cc1ccc(NSc2nccs2)c2[nH]cc(Cl)c12. The molecule has 3 aromatic rings. The lowest BCUT2D eigenvalue weighted by atomic mass is 10.1. The van der Waals surface area contributed by atoms with Gasteiger partial charge in [-0.25, -0.2) is 4.98 Å². The van der Waals surface area contributed by atoms with Crippen LogP contribution in [0.1, 0.15) is 5.56 Å². The number of hydrogen-bond acceptors (Lipinski definition) is 5. The van der Waals surface area contributed by atoms with Crippen molar-refractivity contribution >= 4 is 51.5 Å². The Morgan fingerprint density at radius 1 is 1.47 bits per heavy atom. The van der Waals surface area contributed by atoms with Gasteiger partial charge in [0.1, 0.15) is 0 Å². The van der Waals surface area contributed by atoms with Crippen LogP contribution in [0.25, 0.3) is 10.9 Å². The number of rotatable bonds is 3. The van der Waals surface area contributed by atoms with E-state index >= 15 is 0 Å². The van der Waals surface area contributed by atoms with E-state index < -0.39 is 0 Å². The van der Waals surface area contributed by atoms with E-state index in [1.807, 2.05) is 11.4 Å². The summed E-state index contributed by atoms with van der Waals surface area (Å²) in [5.41, 5.74) is 2.26. The summed E-state index contributed by atoms with van der Waals surface area (Å²) in [5.74, 6) is 0. The zero-order chi connectivity index (χ0) is 13.2. The molecule has 0 aliphatic rings. The maximum Gasteiger partial charge on any atom is 0.170 e. The molecular weight excluding hydrogens is 300 g/mol. The lowest BCUT2D eigenvalue weighted by Crippen LogP contribution is -1.89. The summed E-state index contributed by atoms with van der Waals surface area (Å²) >= 11 is 9.09. The number of H-pyrrole nitrogens is 1. The van der Waals surface area contributed by atoms with E-state index in [9.17, 15) is 0 Å². The Morgan fingerprint density at radius 2 is 2.37 bits per heavy atom. The monoisotopic (exact) mass is 306 g/mol. The van der Waals surface area contributed by atoms with E-state index in [1.165, 1.54) is 11.9 Å². The van der Waals surface area contributed by atoms with Crippen LogP contribution in [0.3, 0.4) is 0 Å². The van der Waals surface area contributed by atoms with Crippen LogP contribution in [-0.2, 0) is 0 Å². The molecule has 0 atom stereocenters. The standard InChI is InChI=1S/C12H7ClN4S2/c13-8-6-16-11-9(2-1-7(5-14)10(8)11)17-19-12-15-3-4-18-12/h1-4,6,16-17H. The third-order valence-electron chi connectivity index (χ3n) is 2.57. The average Bonchev–Trinajstić information content (AvgIpc) is 3.07. The normalized spacial score (nSPS) is 10.5. The van der Waals surface area contributed by atoms with Gasteiger partial charge in [0, 0.05) is 35.1 Å². The van der Waals surface area contributed by atoms with E-state index in [4.69, 9.17) is 16.9 Å². The Hall–Kier alpha value is -1.68. The van der Waals surface area contributed by atoms with E-state index in [1.54, 1.807) is 29.8 Å². The minimum absolute atomic E-state index is 0.550. The lowest BCUT2D eigenvalue weighted by Gasteiger charge is -2.05. The van der Waals surface area contributed by atoms with Crippen molar-refractivity contribution < 1.29 is 0 Å². The molecule has 0 unspecified atom stereocenters. The van der Waals surface area contributed by atoms with E-state index in [2.05, 4.69) is 20.8 Å². The maximum atomic E-state index is 9.09. The van der Waals surface area contributed by atoms with Gasteiger partial charge < -0.3 is 9.71 Å². The summed E-state index contributed by atoms with van der Waals surface area (Å²) in [6.45, 7) is 0. The van der Waals surface area contributed by atoms with Crippen molar-refractivity contribution in [3.8, 4) is 6.07 Å².